The summed E-state index contributed by atoms with van der Waals surface area (Å²) in [5.41, 5.74) is 2.02. The fraction of sp³-hybridized carbons (Fsp3) is 0.636. The average Bonchev–Trinajstić information content (AvgIpc) is 2.54. The molecule has 0 bridgehead atoms. The lowest BCUT2D eigenvalue weighted by Gasteiger charge is -2.10. The molecular weight excluding hydrogens is 204 g/mol. The van der Waals surface area contributed by atoms with Gasteiger partial charge >= 0.3 is 0 Å². The summed E-state index contributed by atoms with van der Waals surface area (Å²) in [6, 6.07) is 0. The van der Waals surface area contributed by atoms with Crippen molar-refractivity contribution in [2.75, 3.05) is 13.6 Å². The van der Waals surface area contributed by atoms with Crippen LogP contribution < -0.4 is 10.6 Å². The number of aromatic nitrogens is 2. The molecule has 0 fully saturated rings. The molecule has 0 aromatic carbocycles. The topological polar surface area (TPSA) is 59.0 Å². The van der Waals surface area contributed by atoms with Gasteiger partial charge in [0.15, 0.2) is 0 Å². The van der Waals surface area contributed by atoms with E-state index in [1.165, 1.54) is 0 Å². The molecule has 0 aliphatic carbocycles. The van der Waals surface area contributed by atoms with Gasteiger partial charge in [0.25, 0.3) is 0 Å². The van der Waals surface area contributed by atoms with Crippen molar-refractivity contribution in [2.24, 2.45) is 13.0 Å². The molecule has 1 amide bonds. The van der Waals surface area contributed by atoms with E-state index in [2.05, 4.69) is 15.7 Å². The molecule has 2 N–H and O–H groups in total. The van der Waals surface area contributed by atoms with Gasteiger partial charge in [0.1, 0.15) is 0 Å². The third-order valence-electron chi connectivity index (χ3n) is 2.53. The van der Waals surface area contributed by atoms with E-state index in [1.807, 2.05) is 34.1 Å². The second-order valence-corrected chi connectivity index (χ2v) is 4.09. The molecule has 5 heteroatoms. The molecule has 16 heavy (non-hydrogen) atoms. The highest BCUT2D eigenvalue weighted by Crippen LogP contribution is 2.04. The van der Waals surface area contributed by atoms with E-state index in [4.69, 9.17) is 0 Å². The van der Waals surface area contributed by atoms with Crippen LogP contribution in [0.2, 0.25) is 0 Å². The van der Waals surface area contributed by atoms with Crippen LogP contribution in [0.3, 0.4) is 0 Å². The van der Waals surface area contributed by atoms with Crippen molar-refractivity contribution in [1.82, 2.24) is 20.4 Å². The third-order valence-corrected chi connectivity index (χ3v) is 2.53. The Bertz CT molecular complexity index is 359. The number of aryl methyl sites for hydroxylation is 2. The molecule has 0 aliphatic heterocycles. The van der Waals surface area contributed by atoms with Gasteiger partial charge in [-0.1, -0.05) is 6.92 Å². The van der Waals surface area contributed by atoms with Gasteiger partial charge < -0.3 is 10.6 Å². The predicted molar refractivity (Wildman–Crippen MR) is 62.9 cm³/mol. The molecule has 0 saturated heterocycles. The van der Waals surface area contributed by atoms with Gasteiger partial charge in [-0.15, -0.1) is 0 Å². The van der Waals surface area contributed by atoms with Gasteiger partial charge in [0.2, 0.25) is 5.91 Å². The number of carbonyl (C=O) groups is 1. The first-order valence-corrected chi connectivity index (χ1v) is 5.46. The van der Waals surface area contributed by atoms with Gasteiger partial charge in [-0.3, -0.25) is 9.48 Å². The highest BCUT2D eigenvalue weighted by Gasteiger charge is 2.12. The van der Waals surface area contributed by atoms with Crippen LogP contribution >= 0.6 is 0 Å². The lowest BCUT2D eigenvalue weighted by Crippen LogP contribution is -2.33. The van der Waals surface area contributed by atoms with Crippen LogP contribution in [0.15, 0.2) is 6.20 Å². The summed E-state index contributed by atoms with van der Waals surface area (Å²) in [6.07, 6.45) is 1.93. The number of hydrogen-bond donors (Lipinski definition) is 2. The van der Waals surface area contributed by atoms with E-state index in [1.54, 1.807) is 4.68 Å². The minimum absolute atomic E-state index is 0.0121. The number of nitrogens with one attached hydrogen (secondary N) is 2. The molecule has 0 saturated carbocycles. The first-order valence-electron chi connectivity index (χ1n) is 5.46. The lowest BCUT2D eigenvalue weighted by atomic mass is 10.1. The maximum absolute atomic E-state index is 11.6. The van der Waals surface area contributed by atoms with Crippen molar-refractivity contribution in [3.63, 3.8) is 0 Å². The van der Waals surface area contributed by atoms with E-state index < -0.39 is 0 Å². The summed E-state index contributed by atoms with van der Waals surface area (Å²) in [4.78, 5) is 11.6. The van der Waals surface area contributed by atoms with E-state index in [0.29, 0.717) is 13.1 Å². The van der Waals surface area contributed by atoms with Gasteiger partial charge in [-0.25, -0.2) is 0 Å². The standard InChI is InChI=1S/C11H20N4O/c1-8(5-12-3)11(16)13-6-10-7-15(4)14-9(10)2/h7-8,12H,5-6H2,1-4H3,(H,13,16). The number of nitrogens with zero attached hydrogens (tertiary/aromatic N) is 2. The highest BCUT2D eigenvalue weighted by molar-refractivity contribution is 5.78. The Morgan fingerprint density at radius 3 is 2.81 bits per heavy atom. The summed E-state index contributed by atoms with van der Waals surface area (Å²) < 4.78 is 1.76. The number of carbonyl (C=O) groups excluding carboxylic acids is 1. The average molecular weight is 224 g/mol. The summed E-state index contributed by atoms with van der Waals surface area (Å²) in [7, 11) is 3.72. The van der Waals surface area contributed by atoms with Crippen molar-refractivity contribution in [3.8, 4) is 0 Å². The Hall–Kier alpha value is -1.36. The van der Waals surface area contributed by atoms with Crippen LogP contribution in [0.4, 0.5) is 0 Å². The zero-order valence-corrected chi connectivity index (χ0v) is 10.4. The van der Waals surface area contributed by atoms with Gasteiger partial charge in [-0.2, -0.15) is 5.10 Å². The Morgan fingerprint density at radius 2 is 2.31 bits per heavy atom. The van der Waals surface area contributed by atoms with E-state index in [0.717, 1.165) is 11.3 Å². The molecular formula is C11H20N4O. The number of amides is 1. The highest BCUT2D eigenvalue weighted by atomic mass is 16.1. The van der Waals surface area contributed by atoms with Gasteiger partial charge in [0, 0.05) is 37.8 Å². The molecule has 1 aromatic heterocycles. The van der Waals surface area contributed by atoms with Crippen molar-refractivity contribution in [1.29, 1.82) is 0 Å². The Labute approximate surface area is 96.2 Å². The zero-order chi connectivity index (χ0) is 12.1. The van der Waals surface area contributed by atoms with Crippen LogP contribution in [0.25, 0.3) is 0 Å². The van der Waals surface area contributed by atoms with E-state index in [9.17, 15) is 4.79 Å². The van der Waals surface area contributed by atoms with Crippen LogP contribution in [-0.4, -0.2) is 29.3 Å². The minimum Gasteiger partial charge on any atom is -0.352 e. The second kappa shape index (κ2) is 5.65. The fourth-order valence-corrected chi connectivity index (χ4v) is 1.58. The molecule has 0 radical (unpaired) electrons. The van der Waals surface area contributed by atoms with Crippen molar-refractivity contribution < 1.29 is 4.79 Å². The quantitative estimate of drug-likeness (QED) is 0.751. The summed E-state index contributed by atoms with van der Waals surface area (Å²) >= 11 is 0. The van der Waals surface area contributed by atoms with Gasteiger partial charge in [-0.05, 0) is 14.0 Å². The molecule has 90 valence electrons. The molecule has 0 aliphatic rings. The van der Waals surface area contributed by atoms with Crippen molar-refractivity contribution >= 4 is 5.91 Å². The number of rotatable bonds is 5. The monoisotopic (exact) mass is 224 g/mol. The Balaban J connectivity index is 2.45. The largest absolute Gasteiger partial charge is 0.352 e. The normalized spacial score (nSPS) is 12.5. The summed E-state index contributed by atoms with van der Waals surface area (Å²) in [5.74, 6) is 0.0552. The summed E-state index contributed by atoms with van der Waals surface area (Å²) in [6.45, 7) is 5.09. The van der Waals surface area contributed by atoms with Crippen molar-refractivity contribution in [2.45, 2.75) is 20.4 Å². The second-order valence-electron chi connectivity index (χ2n) is 4.09. The Kier molecular flexibility index (Phi) is 4.49. The van der Waals surface area contributed by atoms with Crippen molar-refractivity contribution in [3.05, 3.63) is 17.5 Å². The first kappa shape index (κ1) is 12.7. The predicted octanol–water partition coefficient (Wildman–Crippen LogP) is 0.200. The van der Waals surface area contributed by atoms with Crippen LogP contribution in [0.5, 0.6) is 0 Å². The molecule has 1 atom stereocenters. The fourth-order valence-electron chi connectivity index (χ4n) is 1.58. The smallest absolute Gasteiger partial charge is 0.224 e. The molecule has 1 rings (SSSR count). The first-order chi connectivity index (χ1) is 7.54. The van der Waals surface area contributed by atoms with Gasteiger partial charge in [0.05, 0.1) is 5.69 Å². The molecule has 5 nitrogen and oxygen atoms in total. The SMILES string of the molecule is CNCC(C)C(=O)NCc1cn(C)nc1C. The lowest BCUT2D eigenvalue weighted by molar-refractivity contribution is -0.124. The molecule has 1 aromatic rings. The zero-order valence-electron chi connectivity index (χ0n) is 10.4. The van der Waals surface area contributed by atoms with E-state index in [-0.39, 0.29) is 11.8 Å². The molecule has 1 unspecified atom stereocenters. The molecule has 1 heterocycles. The van der Waals surface area contributed by atoms with Crippen LogP contribution in [0, 0.1) is 12.8 Å². The Morgan fingerprint density at radius 1 is 1.62 bits per heavy atom. The van der Waals surface area contributed by atoms with Crippen LogP contribution in [0.1, 0.15) is 18.2 Å². The van der Waals surface area contributed by atoms with E-state index >= 15 is 0 Å². The maximum Gasteiger partial charge on any atom is 0.224 e. The van der Waals surface area contributed by atoms with Crippen LogP contribution in [-0.2, 0) is 18.4 Å². The number of hydrogen-bond acceptors (Lipinski definition) is 3. The minimum atomic E-state index is -0.0121. The maximum atomic E-state index is 11.6. The molecule has 0 spiro atoms. The third kappa shape index (κ3) is 3.34. The summed E-state index contributed by atoms with van der Waals surface area (Å²) in [5, 5.41) is 10.1.